The molecule has 1 rings (SSSR count). The average Bonchev–Trinajstić information content (AvgIpc) is 2.21. The smallest absolute Gasteiger partial charge is 0.169 e. The van der Waals surface area contributed by atoms with Gasteiger partial charge in [0.05, 0.1) is 6.07 Å². The van der Waals surface area contributed by atoms with Crippen molar-refractivity contribution < 1.29 is 4.57 Å². The molecule has 14 heavy (non-hydrogen) atoms. The standard InChI is InChI=1S/C12H17N2/c1-12-6-10-14(11-7-12)9-5-3-2-4-8-13/h6-7,10-11H,2-5,9H2,1H3/q+1. The molecule has 0 saturated carbocycles. The molecule has 1 aromatic rings. The first kappa shape index (κ1) is 10.7. The van der Waals surface area contributed by atoms with Gasteiger partial charge in [-0.15, -0.1) is 0 Å². The molecule has 2 nitrogen and oxygen atoms in total. The van der Waals surface area contributed by atoms with Crippen LogP contribution < -0.4 is 4.57 Å². The first-order valence-corrected chi connectivity index (χ1v) is 5.15. The van der Waals surface area contributed by atoms with Gasteiger partial charge in [-0.3, -0.25) is 0 Å². The molecular weight excluding hydrogens is 172 g/mol. The number of aromatic nitrogens is 1. The van der Waals surface area contributed by atoms with Gasteiger partial charge in [-0.2, -0.15) is 5.26 Å². The molecule has 0 atom stereocenters. The van der Waals surface area contributed by atoms with Crippen molar-refractivity contribution in [1.29, 1.82) is 5.26 Å². The number of rotatable bonds is 5. The van der Waals surface area contributed by atoms with Crippen LogP contribution in [0.3, 0.4) is 0 Å². The summed E-state index contributed by atoms with van der Waals surface area (Å²) in [7, 11) is 0. The Morgan fingerprint density at radius 1 is 1.21 bits per heavy atom. The van der Waals surface area contributed by atoms with Crippen molar-refractivity contribution in [2.24, 2.45) is 0 Å². The molecule has 0 spiro atoms. The van der Waals surface area contributed by atoms with Crippen LogP contribution in [0.15, 0.2) is 24.5 Å². The van der Waals surface area contributed by atoms with Crippen molar-refractivity contribution >= 4 is 0 Å². The zero-order valence-corrected chi connectivity index (χ0v) is 8.74. The first-order valence-electron chi connectivity index (χ1n) is 5.15. The SMILES string of the molecule is Cc1cc[n+](CCCCCC#N)cc1. The molecular formula is C12H17N2+. The third-order valence-corrected chi connectivity index (χ3v) is 2.26. The van der Waals surface area contributed by atoms with Gasteiger partial charge in [0.25, 0.3) is 0 Å². The fraction of sp³-hybridized carbons (Fsp3) is 0.500. The summed E-state index contributed by atoms with van der Waals surface area (Å²) in [4.78, 5) is 0. The molecule has 0 aromatic carbocycles. The lowest BCUT2D eigenvalue weighted by Gasteiger charge is -1.96. The van der Waals surface area contributed by atoms with Crippen molar-refractivity contribution in [1.82, 2.24) is 0 Å². The number of aryl methyl sites for hydroxylation is 2. The Labute approximate surface area is 85.8 Å². The van der Waals surface area contributed by atoms with Crippen LogP contribution in [0.2, 0.25) is 0 Å². The van der Waals surface area contributed by atoms with Gasteiger partial charge in [-0.05, 0) is 25.3 Å². The van der Waals surface area contributed by atoms with Gasteiger partial charge in [0.2, 0.25) is 0 Å². The quantitative estimate of drug-likeness (QED) is 0.516. The highest BCUT2D eigenvalue weighted by Gasteiger charge is 1.98. The highest BCUT2D eigenvalue weighted by Crippen LogP contribution is 1.98. The lowest BCUT2D eigenvalue weighted by Crippen LogP contribution is -2.32. The molecule has 1 aromatic heterocycles. The van der Waals surface area contributed by atoms with Crippen molar-refractivity contribution in [3.63, 3.8) is 0 Å². The second kappa shape index (κ2) is 6.15. The molecule has 0 bridgehead atoms. The van der Waals surface area contributed by atoms with E-state index in [2.05, 4.69) is 42.1 Å². The van der Waals surface area contributed by atoms with Crippen LogP contribution in [0.25, 0.3) is 0 Å². The summed E-state index contributed by atoms with van der Waals surface area (Å²) in [5, 5.41) is 8.36. The molecule has 0 aliphatic carbocycles. The van der Waals surface area contributed by atoms with E-state index in [4.69, 9.17) is 5.26 Å². The van der Waals surface area contributed by atoms with E-state index in [9.17, 15) is 0 Å². The molecule has 0 aliphatic heterocycles. The van der Waals surface area contributed by atoms with E-state index >= 15 is 0 Å². The number of nitrogens with zero attached hydrogens (tertiary/aromatic N) is 2. The van der Waals surface area contributed by atoms with Gasteiger partial charge >= 0.3 is 0 Å². The van der Waals surface area contributed by atoms with Crippen molar-refractivity contribution in [2.75, 3.05) is 0 Å². The Hall–Kier alpha value is -1.36. The van der Waals surface area contributed by atoms with Crippen LogP contribution in [-0.2, 0) is 6.54 Å². The summed E-state index contributed by atoms with van der Waals surface area (Å²) in [5.74, 6) is 0. The number of unbranched alkanes of at least 4 members (excludes halogenated alkanes) is 3. The summed E-state index contributed by atoms with van der Waals surface area (Å²) >= 11 is 0. The molecule has 1 heterocycles. The highest BCUT2D eigenvalue weighted by molar-refractivity contribution is 5.03. The van der Waals surface area contributed by atoms with E-state index in [0.29, 0.717) is 6.42 Å². The van der Waals surface area contributed by atoms with E-state index in [0.717, 1.165) is 25.8 Å². The number of pyridine rings is 1. The maximum Gasteiger partial charge on any atom is 0.169 e. The zero-order valence-electron chi connectivity index (χ0n) is 8.74. The molecule has 2 heteroatoms. The molecule has 0 aliphatic rings. The maximum absolute atomic E-state index is 8.36. The Balaban J connectivity index is 2.19. The number of hydrogen-bond donors (Lipinski definition) is 0. The van der Waals surface area contributed by atoms with Crippen LogP contribution in [-0.4, -0.2) is 0 Å². The number of hydrogen-bond acceptors (Lipinski definition) is 1. The van der Waals surface area contributed by atoms with E-state index in [1.807, 2.05) is 0 Å². The second-order valence-corrected chi connectivity index (χ2v) is 3.58. The third-order valence-electron chi connectivity index (χ3n) is 2.26. The van der Waals surface area contributed by atoms with Crippen LogP contribution in [0.4, 0.5) is 0 Å². The lowest BCUT2D eigenvalue weighted by molar-refractivity contribution is -0.697. The minimum atomic E-state index is 0.693. The lowest BCUT2D eigenvalue weighted by atomic mass is 10.2. The highest BCUT2D eigenvalue weighted by atomic mass is 14.9. The van der Waals surface area contributed by atoms with E-state index in [1.165, 1.54) is 5.56 Å². The van der Waals surface area contributed by atoms with Crippen molar-refractivity contribution in [2.45, 2.75) is 39.2 Å². The third kappa shape index (κ3) is 4.04. The van der Waals surface area contributed by atoms with Crippen LogP contribution in [0.5, 0.6) is 0 Å². The van der Waals surface area contributed by atoms with Crippen LogP contribution in [0, 0.1) is 18.3 Å². The van der Waals surface area contributed by atoms with Gasteiger partial charge in [0.15, 0.2) is 12.4 Å². The summed E-state index contributed by atoms with van der Waals surface area (Å²) in [6, 6.07) is 6.41. The Kier molecular flexibility index (Phi) is 4.71. The zero-order chi connectivity index (χ0) is 10.2. The maximum atomic E-state index is 8.36. The number of nitriles is 1. The fourth-order valence-electron chi connectivity index (χ4n) is 1.36. The molecule has 0 radical (unpaired) electrons. The minimum absolute atomic E-state index is 0.693. The summed E-state index contributed by atoms with van der Waals surface area (Å²) in [5.41, 5.74) is 1.30. The second-order valence-electron chi connectivity index (χ2n) is 3.58. The topological polar surface area (TPSA) is 27.7 Å². The van der Waals surface area contributed by atoms with Gasteiger partial charge < -0.3 is 0 Å². The Bertz CT molecular complexity index is 295. The predicted molar refractivity (Wildman–Crippen MR) is 55.5 cm³/mol. The van der Waals surface area contributed by atoms with Gasteiger partial charge in [-0.25, -0.2) is 4.57 Å². The fourth-order valence-corrected chi connectivity index (χ4v) is 1.36. The molecule has 0 fully saturated rings. The summed E-state index contributed by atoms with van der Waals surface area (Å²) < 4.78 is 2.19. The molecule has 74 valence electrons. The molecule has 0 N–H and O–H groups in total. The summed E-state index contributed by atoms with van der Waals surface area (Å²) in [6.07, 6.45) is 8.25. The van der Waals surface area contributed by atoms with Gasteiger partial charge in [0, 0.05) is 25.0 Å². The average molecular weight is 189 g/mol. The van der Waals surface area contributed by atoms with E-state index in [-0.39, 0.29) is 0 Å². The normalized spacial score (nSPS) is 9.71. The largest absolute Gasteiger partial charge is 0.205 e. The minimum Gasteiger partial charge on any atom is -0.205 e. The first-order chi connectivity index (χ1) is 6.83. The van der Waals surface area contributed by atoms with Crippen LogP contribution >= 0.6 is 0 Å². The molecule has 0 amide bonds. The molecule has 0 saturated heterocycles. The monoisotopic (exact) mass is 189 g/mol. The van der Waals surface area contributed by atoms with Crippen LogP contribution in [0.1, 0.15) is 31.2 Å². The molecule has 0 unspecified atom stereocenters. The van der Waals surface area contributed by atoms with Gasteiger partial charge in [0.1, 0.15) is 6.54 Å². The Morgan fingerprint density at radius 3 is 2.57 bits per heavy atom. The Morgan fingerprint density at radius 2 is 1.93 bits per heavy atom. The predicted octanol–water partition coefficient (Wildman–Crippen LogP) is 2.37. The van der Waals surface area contributed by atoms with Crippen molar-refractivity contribution in [3.05, 3.63) is 30.1 Å². The van der Waals surface area contributed by atoms with Gasteiger partial charge in [-0.1, -0.05) is 0 Å². The van der Waals surface area contributed by atoms with Crippen molar-refractivity contribution in [3.8, 4) is 6.07 Å². The summed E-state index contributed by atoms with van der Waals surface area (Å²) in [6.45, 7) is 3.16. The van der Waals surface area contributed by atoms with E-state index < -0.39 is 0 Å². The van der Waals surface area contributed by atoms with E-state index in [1.54, 1.807) is 0 Å².